The molecule has 4 nitrogen and oxygen atoms in total. The van der Waals surface area contributed by atoms with E-state index in [4.69, 9.17) is 0 Å². The van der Waals surface area contributed by atoms with Gasteiger partial charge in [-0.05, 0) is 32.6 Å². The number of hydrogen-bond acceptors (Lipinski definition) is 3. The van der Waals surface area contributed by atoms with Crippen LogP contribution in [0.15, 0.2) is 0 Å². The molecule has 1 aliphatic heterocycles. The van der Waals surface area contributed by atoms with E-state index in [1.54, 1.807) is 0 Å². The fraction of sp³-hybridized carbons (Fsp3) is 0.917. The number of hydrogen-bond donors (Lipinski definition) is 2. The highest BCUT2D eigenvalue weighted by molar-refractivity contribution is 5.78. The Morgan fingerprint density at radius 3 is 2.81 bits per heavy atom. The topological polar surface area (TPSA) is 52.6 Å². The highest BCUT2D eigenvalue weighted by Crippen LogP contribution is 2.37. The molecule has 0 radical (unpaired) electrons. The Morgan fingerprint density at radius 2 is 2.19 bits per heavy atom. The third kappa shape index (κ3) is 2.55. The highest BCUT2D eigenvalue weighted by Gasteiger charge is 2.41. The maximum atomic E-state index is 11.6. The van der Waals surface area contributed by atoms with Gasteiger partial charge in [-0.1, -0.05) is 0 Å². The summed E-state index contributed by atoms with van der Waals surface area (Å²) in [5, 5.41) is 12.7. The van der Waals surface area contributed by atoms with Gasteiger partial charge >= 0.3 is 0 Å². The maximum absolute atomic E-state index is 11.6. The van der Waals surface area contributed by atoms with Crippen LogP contribution in [0.25, 0.3) is 0 Å². The summed E-state index contributed by atoms with van der Waals surface area (Å²) in [5.41, 5.74) is 0. The molecule has 0 bridgehead atoms. The molecule has 92 valence electrons. The maximum Gasteiger partial charge on any atom is 0.234 e. The van der Waals surface area contributed by atoms with Gasteiger partial charge in [0.1, 0.15) is 0 Å². The third-order valence-electron chi connectivity index (χ3n) is 3.71. The molecule has 0 aromatic rings. The smallest absolute Gasteiger partial charge is 0.234 e. The normalized spacial score (nSPS) is 34.4. The van der Waals surface area contributed by atoms with E-state index >= 15 is 0 Å². The Morgan fingerprint density at radius 1 is 1.44 bits per heavy atom. The average Bonchev–Trinajstić information content (AvgIpc) is 2.67. The minimum atomic E-state index is -0.136. The van der Waals surface area contributed by atoms with E-state index in [1.807, 2.05) is 13.8 Å². The SMILES string of the molecule is CC(C)NC(=O)CN1CC2CCC(O)C2C1. The van der Waals surface area contributed by atoms with Crippen LogP contribution in [0.3, 0.4) is 0 Å². The summed E-state index contributed by atoms with van der Waals surface area (Å²) in [7, 11) is 0. The van der Waals surface area contributed by atoms with Gasteiger partial charge in [-0.25, -0.2) is 0 Å². The van der Waals surface area contributed by atoms with E-state index in [0.717, 1.165) is 25.9 Å². The van der Waals surface area contributed by atoms with Crippen molar-refractivity contribution >= 4 is 5.91 Å². The summed E-state index contributed by atoms with van der Waals surface area (Å²) in [6, 6.07) is 0.209. The molecule has 0 aromatic carbocycles. The molecule has 0 spiro atoms. The second-order valence-corrected chi connectivity index (χ2v) is 5.48. The Labute approximate surface area is 97.0 Å². The molecule has 1 saturated carbocycles. The number of carbonyl (C=O) groups excluding carboxylic acids is 1. The van der Waals surface area contributed by atoms with Crippen LogP contribution in [-0.4, -0.2) is 47.7 Å². The van der Waals surface area contributed by atoms with Crippen LogP contribution in [0.5, 0.6) is 0 Å². The lowest BCUT2D eigenvalue weighted by Crippen LogP contribution is -2.39. The van der Waals surface area contributed by atoms with Crippen LogP contribution in [0.1, 0.15) is 26.7 Å². The fourth-order valence-corrected chi connectivity index (χ4v) is 3.03. The van der Waals surface area contributed by atoms with Crippen LogP contribution >= 0.6 is 0 Å². The zero-order valence-corrected chi connectivity index (χ0v) is 10.1. The van der Waals surface area contributed by atoms with Gasteiger partial charge < -0.3 is 10.4 Å². The molecule has 2 aliphatic rings. The number of rotatable bonds is 3. The Balaban J connectivity index is 1.79. The molecule has 4 heteroatoms. The van der Waals surface area contributed by atoms with Crippen molar-refractivity contribution in [1.82, 2.24) is 10.2 Å². The van der Waals surface area contributed by atoms with E-state index in [1.165, 1.54) is 0 Å². The molecule has 1 amide bonds. The summed E-state index contributed by atoms with van der Waals surface area (Å²) in [6.45, 7) is 6.29. The zero-order valence-electron chi connectivity index (χ0n) is 10.1. The standard InChI is InChI=1S/C12H22N2O2/c1-8(2)13-12(16)7-14-5-9-3-4-11(15)10(9)6-14/h8-11,15H,3-7H2,1-2H3,(H,13,16). The lowest BCUT2D eigenvalue weighted by molar-refractivity contribution is -0.122. The van der Waals surface area contributed by atoms with Crippen molar-refractivity contribution in [3.8, 4) is 0 Å². The Bertz CT molecular complexity index is 268. The van der Waals surface area contributed by atoms with Gasteiger partial charge in [0.05, 0.1) is 12.6 Å². The molecule has 1 heterocycles. The average molecular weight is 226 g/mol. The first-order chi connectivity index (χ1) is 7.56. The quantitative estimate of drug-likeness (QED) is 0.723. The van der Waals surface area contributed by atoms with Crippen LogP contribution in [-0.2, 0) is 4.79 Å². The first kappa shape index (κ1) is 11.9. The number of nitrogens with one attached hydrogen (secondary N) is 1. The molecule has 2 N–H and O–H groups in total. The first-order valence-electron chi connectivity index (χ1n) is 6.26. The highest BCUT2D eigenvalue weighted by atomic mass is 16.3. The van der Waals surface area contributed by atoms with E-state index in [0.29, 0.717) is 18.4 Å². The Hall–Kier alpha value is -0.610. The molecular weight excluding hydrogens is 204 g/mol. The van der Waals surface area contributed by atoms with Crippen molar-refractivity contribution in [3.63, 3.8) is 0 Å². The minimum absolute atomic E-state index is 0.101. The van der Waals surface area contributed by atoms with Crippen LogP contribution in [0, 0.1) is 11.8 Å². The van der Waals surface area contributed by atoms with E-state index in [9.17, 15) is 9.90 Å². The number of likely N-dealkylation sites (tertiary alicyclic amines) is 1. The predicted octanol–water partition coefficient (Wildman–Crippen LogP) is 0.214. The van der Waals surface area contributed by atoms with Crippen molar-refractivity contribution in [2.45, 2.75) is 38.8 Å². The van der Waals surface area contributed by atoms with Gasteiger partial charge in [0.25, 0.3) is 0 Å². The summed E-state index contributed by atoms with van der Waals surface area (Å²) < 4.78 is 0. The number of amides is 1. The molecule has 3 unspecified atom stereocenters. The van der Waals surface area contributed by atoms with Gasteiger partial charge in [-0.2, -0.15) is 0 Å². The number of nitrogens with zero attached hydrogens (tertiary/aromatic N) is 1. The number of aliphatic hydroxyl groups excluding tert-OH is 1. The van der Waals surface area contributed by atoms with Crippen LogP contribution in [0.2, 0.25) is 0 Å². The second kappa shape index (κ2) is 4.72. The predicted molar refractivity (Wildman–Crippen MR) is 61.9 cm³/mol. The Kier molecular flexibility index (Phi) is 3.50. The van der Waals surface area contributed by atoms with Crippen molar-refractivity contribution in [1.29, 1.82) is 0 Å². The van der Waals surface area contributed by atoms with Gasteiger partial charge in [0, 0.05) is 25.0 Å². The van der Waals surface area contributed by atoms with Gasteiger partial charge in [-0.3, -0.25) is 9.69 Å². The molecule has 2 rings (SSSR count). The molecule has 1 aliphatic carbocycles. The summed E-state index contributed by atoms with van der Waals surface area (Å²) in [6.07, 6.45) is 1.93. The number of aliphatic hydroxyl groups is 1. The molecule has 16 heavy (non-hydrogen) atoms. The van der Waals surface area contributed by atoms with Gasteiger partial charge in [0.2, 0.25) is 5.91 Å². The molecular formula is C12H22N2O2. The monoisotopic (exact) mass is 226 g/mol. The number of fused-ring (bicyclic) bond motifs is 1. The minimum Gasteiger partial charge on any atom is -0.393 e. The molecule has 3 atom stereocenters. The third-order valence-corrected chi connectivity index (χ3v) is 3.71. The zero-order chi connectivity index (χ0) is 11.7. The van der Waals surface area contributed by atoms with Crippen molar-refractivity contribution in [2.75, 3.05) is 19.6 Å². The van der Waals surface area contributed by atoms with Crippen molar-refractivity contribution < 1.29 is 9.90 Å². The second-order valence-electron chi connectivity index (χ2n) is 5.48. The van der Waals surface area contributed by atoms with Crippen molar-refractivity contribution in [3.05, 3.63) is 0 Å². The van der Waals surface area contributed by atoms with E-state index < -0.39 is 0 Å². The lowest BCUT2D eigenvalue weighted by atomic mass is 10.00. The molecule has 2 fully saturated rings. The lowest BCUT2D eigenvalue weighted by Gasteiger charge is -2.18. The van der Waals surface area contributed by atoms with Crippen LogP contribution in [0.4, 0.5) is 0 Å². The first-order valence-corrected chi connectivity index (χ1v) is 6.26. The summed E-state index contributed by atoms with van der Waals surface area (Å²) in [5.74, 6) is 1.12. The molecule has 0 aromatic heterocycles. The summed E-state index contributed by atoms with van der Waals surface area (Å²) >= 11 is 0. The van der Waals surface area contributed by atoms with Crippen LogP contribution < -0.4 is 5.32 Å². The number of carbonyl (C=O) groups is 1. The summed E-state index contributed by atoms with van der Waals surface area (Å²) in [4.78, 5) is 13.8. The largest absolute Gasteiger partial charge is 0.393 e. The van der Waals surface area contributed by atoms with Gasteiger partial charge in [-0.15, -0.1) is 0 Å². The fourth-order valence-electron chi connectivity index (χ4n) is 3.03. The van der Waals surface area contributed by atoms with E-state index in [2.05, 4.69) is 10.2 Å². The van der Waals surface area contributed by atoms with Gasteiger partial charge in [0.15, 0.2) is 0 Å². The van der Waals surface area contributed by atoms with Crippen molar-refractivity contribution in [2.24, 2.45) is 11.8 Å². The molecule has 1 saturated heterocycles. The van der Waals surface area contributed by atoms with E-state index in [-0.39, 0.29) is 18.1 Å².